The molecule has 0 saturated carbocycles. The molecule has 0 unspecified atom stereocenters. The number of nitro groups is 1. The second-order valence-electron chi connectivity index (χ2n) is 1.30. The fourth-order valence-corrected chi connectivity index (χ4v) is 0.254. The first kappa shape index (κ1) is 7.43. The van der Waals surface area contributed by atoms with E-state index in [9.17, 15) is 10.1 Å². The van der Waals surface area contributed by atoms with Gasteiger partial charge in [0.05, 0.1) is 4.92 Å². The van der Waals surface area contributed by atoms with Crippen LogP contribution in [0.5, 0.6) is 0 Å². The highest BCUT2D eigenvalue weighted by Crippen LogP contribution is 1.97. The number of hydrogen-bond donors (Lipinski definition) is 1. The Morgan fingerprint density at radius 1 is 1.89 bits per heavy atom. The SMILES string of the molecule is C/C(O)=C(/C#N)[N+](=O)[O-]. The first-order valence-corrected chi connectivity index (χ1v) is 2.04. The Morgan fingerprint density at radius 3 is 2.33 bits per heavy atom. The normalized spacial score (nSPS) is 11.6. The zero-order valence-corrected chi connectivity index (χ0v) is 4.66. The van der Waals surface area contributed by atoms with Gasteiger partial charge in [-0.2, -0.15) is 5.26 Å². The van der Waals surface area contributed by atoms with Crippen LogP contribution in [0.25, 0.3) is 0 Å². The van der Waals surface area contributed by atoms with E-state index in [1.54, 1.807) is 0 Å². The lowest BCUT2D eigenvalue weighted by atomic mass is 10.4. The van der Waals surface area contributed by atoms with E-state index in [1.807, 2.05) is 0 Å². The number of rotatable bonds is 1. The molecule has 0 rings (SSSR count). The third-order valence-corrected chi connectivity index (χ3v) is 0.631. The zero-order valence-electron chi connectivity index (χ0n) is 4.66. The van der Waals surface area contributed by atoms with Crippen molar-refractivity contribution in [2.24, 2.45) is 0 Å². The maximum Gasteiger partial charge on any atom is 0.382 e. The number of allylic oxidation sites excluding steroid dienone is 2. The van der Waals surface area contributed by atoms with Gasteiger partial charge in [-0.3, -0.25) is 10.1 Å². The van der Waals surface area contributed by atoms with Crippen LogP contribution in [0.4, 0.5) is 0 Å². The molecule has 0 atom stereocenters. The second kappa shape index (κ2) is 2.67. The predicted molar refractivity (Wildman–Crippen MR) is 27.9 cm³/mol. The van der Waals surface area contributed by atoms with Gasteiger partial charge in [0.1, 0.15) is 0 Å². The van der Waals surface area contributed by atoms with Gasteiger partial charge in [0.25, 0.3) is 0 Å². The molecule has 0 aromatic rings. The number of nitriles is 1. The molecule has 0 fully saturated rings. The standard InChI is InChI=1S/C4H4N2O3/c1-3(7)4(2-5)6(8)9/h7H,1H3/b4-3+. The average Bonchev–Trinajstić information content (AvgIpc) is 1.64. The van der Waals surface area contributed by atoms with Crippen LogP contribution in [-0.4, -0.2) is 10.0 Å². The van der Waals surface area contributed by atoms with Gasteiger partial charge in [0.15, 0.2) is 11.8 Å². The van der Waals surface area contributed by atoms with Crippen LogP contribution in [0, 0.1) is 21.4 Å². The third kappa shape index (κ3) is 1.78. The second-order valence-corrected chi connectivity index (χ2v) is 1.30. The molecule has 1 N–H and O–H groups in total. The van der Waals surface area contributed by atoms with Gasteiger partial charge < -0.3 is 5.11 Å². The molecule has 0 saturated heterocycles. The van der Waals surface area contributed by atoms with Crippen LogP contribution in [0.1, 0.15) is 6.92 Å². The van der Waals surface area contributed by atoms with Crippen LogP contribution in [0.15, 0.2) is 11.5 Å². The molecule has 48 valence electrons. The Morgan fingerprint density at radius 2 is 2.33 bits per heavy atom. The molecule has 5 nitrogen and oxygen atoms in total. The van der Waals surface area contributed by atoms with Crippen molar-refractivity contribution in [2.75, 3.05) is 0 Å². The van der Waals surface area contributed by atoms with Crippen molar-refractivity contribution < 1.29 is 10.0 Å². The fourth-order valence-electron chi connectivity index (χ4n) is 0.254. The van der Waals surface area contributed by atoms with Crippen LogP contribution in [0.3, 0.4) is 0 Å². The van der Waals surface area contributed by atoms with Crippen LogP contribution >= 0.6 is 0 Å². The largest absolute Gasteiger partial charge is 0.505 e. The summed E-state index contributed by atoms with van der Waals surface area (Å²) in [6.07, 6.45) is 0. The van der Waals surface area contributed by atoms with E-state index in [1.165, 1.54) is 6.07 Å². The lowest BCUT2D eigenvalue weighted by Crippen LogP contribution is -1.98. The summed E-state index contributed by atoms with van der Waals surface area (Å²) in [4.78, 5) is 8.80. The maximum atomic E-state index is 9.74. The molecule has 0 spiro atoms. The van der Waals surface area contributed by atoms with Crippen molar-refractivity contribution >= 4 is 0 Å². The minimum atomic E-state index is -0.935. The highest BCUT2D eigenvalue weighted by atomic mass is 16.6. The smallest absolute Gasteiger partial charge is 0.382 e. The Kier molecular flexibility index (Phi) is 2.20. The molecule has 9 heavy (non-hydrogen) atoms. The predicted octanol–water partition coefficient (Wildman–Crippen LogP) is 0.576. The van der Waals surface area contributed by atoms with Crippen LogP contribution in [0.2, 0.25) is 0 Å². The molecule has 0 amide bonds. The van der Waals surface area contributed by atoms with E-state index in [0.717, 1.165) is 6.92 Å². The minimum Gasteiger partial charge on any atom is -0.505 e. The average molecular weight is 128 g/mol. The van der Waals surface area contributed by atoms with Gasteiger partial charge in [-0.05, 0) is 0 Å². The molecule has 0 heterocycles. The highest BCUT2D eigenvalue weighted by Gasteiger charge is 2.12. The Labute approximate surface area is 51.0 Å². The molecular formula is C4H4N2O3. The van der Waals surface area contributed by atoms with Gasteiger partial charge in [0, 0.05) is 6.92 Å². The number of aliphatic hydroxyl groups is 1. The molecule has 0 aromatic heterocycles. The molecular weight excluding hydrogens is 124 g/mol. The fraction of sp³-hybridized carbons (Fsp3) is 0.250. The molecule has 0 aliphatic rings. The number of hydrogen-bond acceptors (Lipinski definition) is 4. The molecule has 0 radical (unpaired) electrons. The van der Waals surface area contributed by atoms with Crippen LogP contribution in [-0.2, 0) is 0 Å². The first-order valence-electron chi connectivity index (χ1n) is 2.04. The summed E-state index contributed by atoms with van der Waals surface area (Å²) in [6, 6.07) is 1.23. The van der Waals surface area contributed by atoms with Crippen molar-refractivity contribution in [3.8, 4) is 6.07 Å². The summed E-state index contributed by atoms with van der Waals surface area (Å²) >= 11 is 0. The monoisotopic (exact) mass is 128 g/mol. The van der Waals surface area contributed by atoms with E-state index < -0.39 is 16.4 Å². The van der Waals surface area contributed by atoms with E-state index in [0.29, 0.717) is 0 Å². The third-order valence-electron chi connectivity index (χ3n) is 0.631. The summed E-state index contributed by atoms with van der Waals surface area (Å²) in [5.74, 6) is -0.567. The van der Waals surface area contributed by atoms with Gasteiger partial charge in [0.2, 0.25) is 0 Å². The lowest BCUT2D eigenvalue weighted by Gasteiger charge is -1.85. The van der Waals surface area contributed by atoms with Crippen LogP contribution < -0.4 is 0 Å². The van der Waals surface area contributed by atoms with Crippen molar-refractivity contribution in [3.05, 3.63) is 21.6 Å². The number of aliphatic hydroxyl groups excluding tert-OH is 1. The molecule has 0 aromatic carbocycles. The van der Waals surface area contributed by atoms with Gasteiger partial charge in [-0.25, -0.2) is 0 Å². The van der Waals surface area contributed by atoms with E-state index in [4.69, 9.17) is 10.4 Å². The highest BCUT2D eigenvalue weighted by molar-refractivity contribution is 5.13. The minimum absolute atomic E-state index is 0.567. The molecule has 5 heteroatoms. The van der Waals surface area contributed by atoms with Crippen molar-refractivity contribution in [2.45, 2.75) is 6.92 Å². The van der Waals surface area contributed by atoms with E-state index in [2.05, 4.69) is 0 Å². The van der Waals surface area contributed by atoms with Gasteiger partial charge >= 0.3 is 5.70 Å². The molecule has 0 aliphatic heterocycles. The Balaban J connectivity index is 4.62. The quantitative estimate of drug-likeness (QED) is 0.242. The van der Waals surface area contributed by atoms with Gasteiger partial charge in [-0.15, -0.1) is 0 Å². The maximum absolute atomic E-state index is 9.74. The molecule has 0 aliphatic carbocycles. The number of nitrogens with zero attached hydrogens (tertiary/aromatic N) is 2. The summed E-state index contributed by atoms with van der Waals surface area (Å²) in [6.45, 7) is 1.08. The van der Waals surface area contributed by atoms with Gasteiger partial charge in [-0.1, -0.05) is 0 Å². The Hall–Kier alpha value is -1.57. The summed E-state index contributed by atoms with van der Waals surface area (Å²) in [5, 5.41) is 26.1. The zero-order chi connectivity index (χ0) is 7.44. The summed E-state index contributed by atoms with van der Waals surface area (Å²) in [5.41, 5.74) is -0.810. The summed E-state index contributed by atoms with van der Waals surface area (Å²) < 4.78 is 0. The van der Waals surface area contributed by atoms with Crippen molar-refractivity contribution in [3.63, 3.8) is 0 Å². The van der Waals surface area contributed by atoms with E-state index >= 15 is 0 Å². The van der Waals surface area contributed by atoms with E-state index in [-0.39, 0.29) is 0 Å². The lowest BCUT2D eigenvalue weighted by molar-refractivity contribution is -0.420. The van der Waals surface area contributed by atoms with Crippen molar-refractivity contribution in [1.82, 2.24) is 0 Å². The Bertz CT molecular complexity index is 196. The van der Waals surface area contributed by atoms with Crippen molar-refractivity contribution in [1.29, 1.82) is 5.26 Å². The summed E-state index contributed by atoms with van der Waals surface area (Å²) in [7, 11) is 0. The molecule has 0 bridgehead atoms. The first-order chi connectivity index (χ1) is 4.09. The topological polar surface area (TPSA) is 87.2 Å².